The Kier molecular flexibility index (Phi) is 12.6. The van der Waals surface area contributed by atoms with Gasteiger partial charge in [-0.2, -0.15) is 0 Å². The minimum absolute atomic E-state index is 0. The second kappa shape index (κ2) is 16.7. The van der Waals surface area contributed by atoms with E-state index in [1.807, 2.05) is 11.1 Å². The van der Waals surface area contributed by atoms with E-state index < -0.39 is 33.5 Å². The molecular weight excluding hydrogens is 919 g/mol. The van der Waals surface area contributed by atoms with Gasteiger partial charge in [0, 0.05) is 0 Å². The van der Waals surface area contributed by atoms with Crippen molar-refractivity contribution in [2.75, 3.05) is 0 Å². The molecule has 0 N–H and O–H groups in total. The molecule has 0 spiro atoms. The summed E-state index contributed by atoms with van der Waals surface area (Å²) in [6.07, 6.45) is 24.3. The van der Waals surface area contributed by atoms with Gasteiger partial charge in [0.15, 0.2) is 0 Å². The van der Waals surface area contributed by atoms with Crippen LogP contribution < -0.4 is 10.4 Å². The van der Waals surface area contributed by atoms with E-state index in [1.165, 1.54) is 110 Å². The summed E-state index contributed by atoms with van der Waals surface area (Å²) in [6.45, 7) is 20.1. The van der Waals surface area contributed by atoms with Gasteiger partial charge in [-0.1, -0.05) is 0 Å². The summed E-state index contributed by atoms with van der Waals surface area (Å²) >= 11 is -4.02. The van der Waals surface area contributed by atoms with Crippen molar-refractivity contribution in [1.82, 2.24) is 0 Å². The van der Waals surface area contributed by atoms with Crippen LogP contribution in [0.5, 0.6) is 0 Å². The van der Waals surface area contributed by atoms with E-state index >= 15 is 0 Å². The molecule has 0 nitrogen and oxygen atoms in total. The maximum atomic E-state index is 3.03. The molecular formula is C56H76Cl2Si3Zr. The molecule has 0 aliphatic heterocycles. The molecule has 6 heteroatoms. The average Bonchev–Trinajstić information content (AvgIpc) is 4.07. The Balaban J connectivity index is 0.00000264. The van der Waals surface area contributed by atoms with Crippen LogP contribution in [0.1, 0.15) is 120 Å². The third-order valence-corrected chi connectivity index (χ3v) is 45.7. The first-order chi connectivity index (χ1) is 28.5. The summed E-state index contributed by atoms with van der Waals surface area (Å²) in [6, 6.07) is 34.9. The molecule has 4 aromatic rings. The van der Waals surface area contributed by atoms with E-state index in [2.05, 4.69) is 155 Å². The molecule has 330 valence electrons. The quantitative estimate of drug-likeness (QED) is 0.124. The van der Waals surface area contributed by atoms with Crippen molar-refractivity contribution in [3.63, 3.8) is 0 Å². The minimum atomic E-state index is -4.02. The Bertz CT molecular complexity index is 2300. The molecule has 4 fully saturated rings. The summed E-state index contributed by atoms with van der Waals surface area (Å²) in [5, 5.41) is 3.12. The van der Waals surface area contributed by atoms with E-state index in [1.54, 1.807) is 32.6 Å². The average molecular weight is 996 g/mol. The van der Waals surface area contributed by atoms with Gasteiger partial charge in [0.25, 0.3) is 0 Å². The van der Waals surface area contributed by atoms with Crippen LogP contribution in [0.15, 0.2) is 96.1 Å². The van der Waals surface area contributed by atoms with Gasteiger partial charge in [-0.25, -0.2) is 0 Å². The Morgan fingerprint density at radius 1 is 0.565 bits per heavy atom. The van der Waals surface area contributed by atoms with Crippen LogP contribution in [-0.4, -0.2) is 23.0 Å². The molecule has 4 bridgehead atoms. The topological polar surface area (TPSA) is 0 Å². The number of hydrogen-bond acceptors (Lipinski definition) is 0. The van der Waals surface area contributed by atoms with Crippen LogP contribution in [-0.2, 0) is 17.4 Å². The maximum absolute atomic E-state index is 4.02. The minimum Gasteiger partial charge on any atom is -0.147 e. The monoisotopic (exact) mass is 992 g/mol. The van der Waals surface area contributed by atoms with E-state index in [4.69, 9.17) is 0 Å². The second-order valence-electron chi connectivity index (χ2n) is 24.5. The Morgan fingerprint density at radius 2 is 0.935 bits per heavy atom. The van der Waals surface area contributed by atoms with E-state index in [0.29, 0.717) is 18.1 Å². The predicted octanol–water partition coefficient (Wildman–Crippen LogP) is 15.6. The molecule has 2 atom stereocenters. The van der Waals surface area contributed by atoms with Crippen molar-refractivity contribution in [2.24, 2.45) is 22.7 Å². The van der Waals surface area contributed by atoms with Gasteiger partial charge in [0.05, 0.1) is 0 Å². The number of benzene rings is 4. The molecule has 6 aliphatic carbocycles. The number of fused-ring (bicyclic) bond motifs is 6. The van der Waals surface area contributed by atoms with Crippen LogP contribution in [0.3, 0.4) is 0 Å². The zero-order chi connectivity index (χ0) is 41.9. The van der Waals surface area contributed by atoms with Gasteiger partial charge in [0.2, 0.25) is 0 Å². The first kappa shape index (κ1) is 47.0. The zero-order valence-electron chi connectivity index (χ0n) is 39.5. The molecule has 2 unspecified atom stereocenters. The fraction of sp³-hybridized carbons (Fsp3) is 0.500. The van der Waals surface area contributed by atoms with E-state index in [0.717, 1.165) is 11.8 Å². The van der Waals surface area contributed by atoms with Gasteiger partial charge in [-0.05, 0) is 0 Å². The van der Waals surface area contributed by atoms with Crippen LogP contribution in [0.25, 0.3) is 34.4 Å². The molecule has 4 aromatic carbocycles. The van der Waals surface area contributed by atoms with Crippen molar-refractivity contribution in [2.45, 2.75) is 146 Å². The Hall–Kier alpha value is -1.53. The molecule has 0 aromatic heterocycles. The molecule has 6 aliphatic rings. The molecule has 10 rings (SSSR count). The van der Waals surface area contributed by atoms with Crippen LogP contribution in [0, 0.1) is 22.7 Å². The van der Waals surface area contributed by atoms with Crippen LogP contribution >= 0.6 is 24.8 Å². The molecule has 0 amide bonds. The first-order valence-electron chi connectivity index (χ1n) is 24.4. The van der Waals surface area contributed by atoms with Crippen molar-refractivity contribution in [3.8, 4) is 22.3 Å². The summed E-state index contributed by atoms with van der Waals surface area (Å²) in [4.78, 5) is 0. The van der Waals surface area contributed by atoms with Gasteiger partial charge in [-0.15, -0.1) is 24.8 Å². The van der Waals surface area contributed by atoms with Gasteiger partial charge in [0.1, 0.15) is 0 Å². The summed E-state index contributed by atoms with van der Waals surface area (Å²) in [5.74, 6) is 1.96. The molecule has 62 heavy (non-hydrogen) atoms. The molecule has 0 heterocycles. The summed E-state index contributed by atoms with van der Waals surface area (Å²) in [5.41, 5.74) is 17.2. The number of allylic oxidation sites excluding steroid dienone is 2. The van der Waals surface area contributed by atoms with Crippen molar-refractivity contribution >= 4 is 70.4 Å². The largest absolute Gasteiger partial charge is 0.147 e. The Labute approximate surface area is 393 Å². The normalized spacial score (nSPS) is 27.4. The third kappa shape index (κ3) is 7.99. The first-order valence-corrected chi connectivity index (χ1v) is 44.4. The SMILES string of the molecule is CC[CH2][Zr]([CH3])(=[SiH2])([CH]1C(CC23CCC(CC2)C3)=Cc2c(-c3ccc([Si](C)(C)C)cc3)cccc21)[CH]1C(CC23CCC(CC2)C3)=Cc2c(-c3ccc([Si](C)(C)C)cc3)cccc21.Cl.Cl. The number of halogens is 2. The van der Waals surface area contributed by atoms with Crippen LogP contribution in [0.4, 0.5) is 0 Å². The smallest absolute Gasteiger partial charge is 0.147 e. The summed E-state index contributed by atoms with van der Waals surface area (Å²) in [7, 11) is -2.77. The fourth-order valence-corrected chi connectivity index (χ4v) is 43.3. The Morgan fingerprint density at radius 3 is 1.24 bits per heavy atom. The second-order valence-corrected chi connectivity index (χ2v) is 63.1. The van der Waals surface area contributed by atoms with Crippen molar-refractivity contribution in [3.05, 3.63) is 118 Å². The predicted molar refractivity (Wildman–Crippen MR) is 282 cm³/mol. The van der Waals surface area contributed by atoms with Crippen molar-refractivity contribution in [1.29, 1.82) is 0 Å². The van der Waals surface area contributed by atoms with Gasteiger partial charge in [-0.3, -0.25) is 0 Å². The van der Waals surface area contributed by atoms with E-state index in [-0.39, 0.29) is 24.8 Å². The fourth-order valence-electron chi connectivity index (χ4n) is 15.2. The third-order valence-electron chi connectivity index (χ3n) is 18.1. The molecule has 0 radical (unpaired) electrons. The number of rotatable bonds is 12. The zero-order valence-corrected chi connectivity index (χ0v) is 47.0. The van der Waals surface area contributed by atoms with Crippen LogP contribution in [0.2, 0.25) is 48.0 Å². The molecule has 0 saturated heterocycles. The number of hydrogen-bond donors (Lipinski definition) is 0. The van der Waals surface area contributed by atoms with Gasteiger partial charge < -0.3 is 0 Å². The standard InChI is InChI=1S/2C26H31Si.C3H7.CH3.2ClH.H2Si.Zr/c2*1-27(2,3)23-9-7-21(8-10-23)24-6-4-5-22-15-20(16-25(22)24)18-26-13-11-19(17-26)12-14-26;1-3-2;;;;;/h2*4-10,15-16,19H,11-14,17-18H2,1-3H3;1,3H2,2H3;1H3;2*1H;1H2;. The summed E-state index contributed by atoms with van der Waals surface area (Å²) < 4.78 is 5.64. The van der Waals surface area contributed by atoms with Crippen molar-refractivity contribution < 1.29 is 17.4 Å². The molecule has 4 saturated carbocycles. The van der Waals surface area contributed by atoms with E-state index in [9.17, 15) is 0 Å². The van der Waals surface area contributed by atoms with Gasteiger partial charge >= 0.3 is 372 Å². The maximum Gasteiger partial charge on any atom is -0.147 e.